The number of nitrogens with one attached hydrogen (secondary N) is 2. The molecule has 1 fully saturated rings. The number of aryl methyl sites for hydroxylation is 1. The summed E-state index contributed by atoms with van der Waals surface area (Å²) < 4.78 is 0. The fourth-order valence-corrected chi connectivity index (χ4v) is 4.25. The van der Waals surface area contributed by atoms with Crippen LogP contribution in [-0.2, 0) is 17.6 Å². The van der Waals surface area contributed by atoms with Gasteiger partial charge in [-0.15, -0.1) is 0 Å². The summed E-state index contributed by atoms with van der Waals surface area (Å²) >= 11 is 0. The van der Waals surface area contributed by atoms with E-state index in [9.17, 15) is 4.79 Å². The molecule has 0 radical (unpaired) electrons. The summed E-state index contributed by atoms with van der Waals surface area (Å²) in [6.45, 7) is 6.97. The SMILES string of the molecule is CC1CCN(CCCNC(=NCC(=O)N(C)C)NC2CCc3ccccc3C2)CC1. The van der Waals surface area contributed by atoms with Crippen LogP contribution in [0.3, 0.4) is 0 Å². The highest BCUT2D eigenvalue weighted by Gasteiger charge is 2.19. The summed E-state index contributed by atoms with van der Waals surface area (Å²) in [5.74, 6) is 1.66. The van der Waals surface area contributed by atoms with Gasteiger partial charge in [0.1, 0.15) is 6.54 Å². The van der Waals surface area contributed by atoms with Gasteiger partial charge in [0, 0.05) is 26.7 Å². The molecule has 1 saturated heterocycles. The molecule has 1 atom stereocenters. The number of benzene rings is 1. The quantitative estimate of drug-likeness (QED) is 0.409. The summed E-state index contributed by atoms with van der Waals surface area (Å²) in [7, 11) is 3.55. The number of rotatable bonds is 7. The van der Waals surface area contributed by atoms with E-state index in [2.05, 4.69) is 51.7 Å². The average molecular weight is 414 g/mol. The molecule has 1 unspecified atom stereocenters. The van der Waals surface area contributed by atoms with E-state index in [1.807, 2.05) is 0 Å². The van der Waals surface area contributed by atoms with Gasteiger partial charge < -0.3 is 20.4 Å². The Labute approximate surface area is 182 Å². The predicted octanol–water partition coefficient (Wildman–Crippen LogP) is 2.29. The summed E-state index contributed by atoms with van der Waals surface area (Å²) in [5.41, 5.74) is 2.88. The molecule has 0 spiro atoms. The van der Waals surface area contributed by atoms with Gasteiger partial charge in [-0.3, -0.25) is 4.79 Å². The first kappa shape index (κ1) is 22.6. The smallest absolute Gasteiger partial charge is 0.243 e. The first-order valence-corrected chi connectivity index (χ1v) is 11.6. The number of nitrogens with zero attached hydrogens (tertiary/aromatic N) is 3. The number of aliphatic imine (C=N–C) groups is 1. The number of likely N-dealkylation sites (tertiary alicyclic amines) is 1. The Morgan fingerprint density at radius 3 is 2.63 bits per heavy atom. The standard InChI is InChI=1S/C24H39N5O/c1-19-11-15-29(16-12-19)14-6-13-25-24(26-18-23(30)28(2)3)27-22-10-9-20-7-4-5-8-21(20)17-22/h4-5,7-8,19,22H,6,9-18H2,1-3H3,(H2,25,26,27). The Kier molecular flexibility index (Phi) is 8.55. The molecule has 1 aliphatic carbocycles. The fraction of sp³-hybridized carbons (Fsp3) is 0.667. The lowest BCUT2D eigenvalue weighted by atomic mass is 9.88. The van der Waals surface area contributed by atoms with Crippen molar-refractivity contribution >= 4 is 11.9 Å². The minimum atomic E-state index is 0.0209. The van der Waals surface area contributed by atoms with Gasteiger partial charge in [0.2, 0.25) is 5.91 Å². The zero-order valence-electron chi connectivity index (χ0n) is 19.0. The second kappa shape index (κ2) is 11.3. The van der Waals surface area contributed by atoms with Crippen LogP contribution in [0.25, 0.3) is 0 Å². The number of fused-ring (bicyclic) bond motifs is 1. The number of guanidine groups is 1. The third kappa shape index (κ3) is 7.01. The molecule has 6 heteroatoms. The second-order valence-corrected chi connectivity index (χ2v) is 9.11. The van der Waals surface area contributed by atoms with E-state index in [1.54, 1.807) is 19.0 Å². The molecule has 0 bridgehead atoms. The van der Waals surface area contributed by atoms with Crippen LogP contribution in [0.4, 0.5) is 0 Å². The largest absolute Gasteiger partial charge is 0.356 e. The normalized spacial score (nSPS) is 20.5. The number of piperidine rings is 1. The van der Waals surface area contributed by atoms with E-state index in [0.717, 1.165) is 50.7 Å². The average Bonchev–Trinajstić information content (AvgIpc) is 2.75. The van der Waals surface area contributed by atoms with E-state index < -0.39 is 0 Å². The molecule has 1 aromatic rings. The number of likely N-dealkylation sites (N-methyl/N-ethyl adjacent to an activating group) is 1. The van der Waals surface area contributed by atoms with Gasteiger partial charge in [-0.2, -0.15) is 0 Å². The maximum Gasteiger partial charge on any atom is 0.243 e. The van der Waals surface area contributed by atoms with Crippen molar-refractivity contribution < 1.29 is 4.79 Å². The van der Waals surface area contributed by atoms with E-state index in [-0.39, 0.29) is 12.5 Å². The fourth-order valence-electron chi connectivity index (χ4n) is 4.25. The minimum absolute atomic E-state index is 0.0209. The molecular weight excluding hydrogens is 374 g/mol. The van der Waals surface area contributed by atoms with Crippen LogP contribution in [0, 0.1) is 5.92 Å². The lowest BCUT2D eigenvalue weighted by Gasteiger charge is -2.30. The molecule has 2 aliphatic rings. The Balaban J connectivity index is 1.50. The Morgan fingerprint density at radius 1 is 1.17 bits per heavy atom. The van der Waals surface area contributed by atoms with Crippen LogP contribution in [-0.4, -0.2) is 74.5 Å². The minimum Gasteiger partial charge on any atom is -0.356 e. The zero-order valence-corrected chi connectivity index (χ0v) is 19.0. The van der Waals surface area contributed by atoms with Gasteiger partial charge >= 0.3 is 0 Å². The van der Waals surface area contributed by atoms with Crippen LogP contribution >= 0.6 is 0 Å². The zero-order chi connectivity index (χ0) is 21.3. The van der Waals surface area contributed by atoms with E-state index in [1.165, 1.54) is 37.1 Å². The van der Waals surface area contributed by atoms with Gasteiger partial charge in [-0.25, -0.2) is 4.99 Å². The van der Waals surface area contributed by atoms with Crippen molar-refractivity contribution in [3.8, 4) is 0 Å². The molecule has 0 aromatic heterocycles. The van der Waals surface area contributed by atoms with Gasteiger partial charge in [0.25, 0.3) is 0 Å². The number of carbonyl (C=O) groups is 1. The summed E-state index contributed by atoms with van der Waals surface area (Å²) in [6.07, 6.45) is 6.90. The van der Waals surface area contributed by atoms with Gasteiger partial charge in [0.05, 0.1) is 0 Å². The topological polar surface area (TPSA) is 60.0 Å². The summed E-state index contributed by atoms with van der Waals surface area (Å²) in [6, 6.07) is 9.05. The van der Waals surface area contributed by atoms with Crippen molar-refractivity contribution in [1.82, 2.24) is 20.4 Å². The first-order valence-electron chi connectivity index (χ1n) is 11.6. The van der Waals surface area contributed by atoms with Crippen molar-refractivity contribution in [1.29, 1.82) is 0 Å². The highest BCUT2D eigenvalue weighted by Crippen LogP contribution is 2.21. The molecule has 0 saturated carbocycles. The van der Waals surface area contributed by atoms with Crippen LogP contribution in [0.2, 0.25) is 0 Å². The molecule has 1 amide bonds. The molecular formula is C24H39N5O. The Bertz CT molecular complexity index is 709. The van der Waals surface area contributed by atoms with Gasteiger partial charge in [0.15, 0.2) is 5.96 Å². The van der Waals surface area contributed by atoms with Crippen molar-refractivity contribution in [2.75, 3.05) is 46.8 Å². The second-order valence-electron chi connectivity index (χ2n) is 9.11. The van der Waals surface area contributed by atoms with Crippen molar-refractivity contribution in [2.45, 2.75) is 51.5 Å². The molecule has 3 rings (SSSR count). The lowest BCUT2D eigenvalue weighted by Crippen LogP contribution is -2.47. The summed E-state index contributed by atoms with van der Waals surface area (Å²) in [4.78, 5) is 20.8. The highest BCUT2D eigenvalue weighted by molar-refractivity contribution is 5.85. The van der Waals surface area contributed by atoms with Crippen LogP contribution in [0.1, 0.15) is 43.7 Å². The molecule has 6 nitrogen and oxygen atoms in total. The number of hydrogen-bond acceptors (Lipinski definition) is 3. The van der Waals surface area contributed by atoms with Crippen molar-refractivity contribution in [3.05, 3.63) is 35.4 Å². The molecule has 30 heavy (non-hydrogen) atoms. The number of amides is 1. The Morgan fingerprint density at radius 2 is 1.90 bits per heavy atom. The molecule has 1 heterocycles. The van der Waals surface area contributed by atoms with E-state index in [0.29, 0.717) is 6.04 Å². The van der Waals surface area contributed by atoms with Crippen LogP contribution in [0.5, 0.6) is 0 Å². The van der Waals surface area contributed by atoms with E-state index >= 15 is 0 Å². The van der Waals surface area contributed by atoms with Gasteiger partial charge in [-0.1, -0.05) is 31.2 Å². The molecule has 1 aliphatic heterocycles. The monoisotopic (exact) mass is 413 g/mol. The molecule has 2 N–H and O–H groups in total. The molecule has 1 aromatic carbocycles. The third-order valence-electron chi connectivity index (χ3n) is 6.38. The highest BCUT2D eigenvalue weighted by atomic mass is 16.2. The number of hydrogen-bond donors (Lipinski definition) is 2. The third-order valence-corrected chi connectivity index (χ3v) is 6.38. The van der Waals surface area contributed by atoms with Crippen molar-refractivity contribution in [3.63, 3.8) is 0 Å². The maximum atomic E-state index is 12.0. The Hall–Kier alpha value is -2.08. The van der Waals surface area contributed by atoms with Crippen molar-refractivity contribution in [2.24, 2.45) is 10.9 Å². The molecule has 166 valence electrons. The lowest BCUT2D eigenvalue weighted by molar-refractivity contribution is -0.127. The van der Waals surface area contributed by atoms with E-state index in [4.69, 9.17) is 0 Å². The van der Waals surface area contributed by atoms with Crippen LogP contribution < -0.4 is 10.6 Å². The van der Waals surface area contributed by atoms with Gasteiger partial charge in [-0.05, 0) is 75.2 Å². The maximum absolute atomic E-state index is 12.0. The predicted molar refractivity (Wildman–Crippen MR) is 124 cm³/mol. The first-order chi connectivity index (χ1) is 14.5. The number of carbonyl (C=O) groups excluding carboxylic acids is 1. The van der Waals surface area contributed by atoms with Crippen LogP contribution in [0.15, 0.2) is 29.3 Å². The summed E-state index contributed by atoms with van der Waals surface area (Å²) in [5, 5.41) is 7.07.